The second-order valence-corrected chi connectivity index (χ2v) is 5.16. The fourth-order valence-corrected chi connectivity index (χ4v) is 2.37. The third-order valence-corrected chi connectivity index (χ3v) is 3.70. The number of nitrogens with two attached hydrogens (primary N) is 1. The van der Waals surface area contributed by atoms with Crippen molar-refractivity contribution >= 4 is 5.69 Å². The van der Waals surface area contributed by atoms with Gasteiger partial charge in [-0.05, 0) is 62.0 Å². The van der Waals surface area contributed by atoms with Crippen LogP contribution in [0.15, 0.2) is 18.2 Å². The van der Waals surface area contributed by atoms with Crippen molar-refractivity contribution in [2.24, 2.45) is 5.92 Å². The minimum Gasteiger partial charge on any atom is -0.508 e. The molecule has 0 aliphatic carbocycles. The first-order chi connectivity index (χ1) is 8.15. The summed E-state index contributed by atoms with van der Waals surface area (Å²) in [4.78, 5) is 2.49. The molecule has 1 fully saturated rings. The fourth-order valence-electron chi connectivity index (χ4n) is 2.37. The smallest absolute Gasteiger partial charge is 0.116 e. The number of phenolic OH excluding ortho intramolecular Hbond substituents is 1. The van der Waals surface area contributed by atoms with E-state index in [0.29, 0.717) is 5.75 Å². The maximum Gasteiger partial charge on any atom is 0.116 e. The average Bonchev–Trinajstić information content (AvgIpc) is 2.32. The van der Waals surface area contributed by atoms with Gasteiger partial charge in [0.05, 0.1) is 0 Å². The number of hydrogen-bond donors (Lipinski definition) is 2. The molecule has 1 aromatic rings. The quantitative estimate of drug-likeness (QED) is 0.623. The topological polar surface area (TPSA) is 49.5 Å². The van der Waals surface area contributed by atoms with Gasteiger partial charge in [-0.2, -0.15) is 0 Å². The fraction of sp³-hybridized carbons (Fsp3) is 0.571. The summed E-state index contributed by atoms with van der Waals surface area (Å²) < 4.78 is 0. The van der Waals surface area contributed by atoms with E-state index in [0.717, 1.165) is 30.1 Å². The van der Waals surface area contributed by atoms with Crippen molar-refractivity contribution in [1.29, 1.82) is 0 Å². The van der Waals surface area contributed by atoms with Crippen LogP contribution in [0.5, 0.6) is 5.75 Å². The lowest BCUT2D eigenvalue weighted by molar-refractivity contribution is 0.194. The molecule has 0 saturated carbocycles. The molecular weight excluding hydrogens is 212 g/mol. The Bertz CT molecular complexity index is 370. The number of nitrogen functional groups attached to an aromatic ring is 1. The third kappa shape index (κ3) is 3.37. The van der Waals surface area contributed by atoms with Gasteiger partial charge in [0.25, 0.3) is 0 Å². The van der Waals surface area contributed by atoms with Crippen molar-refractivity contribution in [1.82, 2.24) is 4.90 Å². The van der Waals surface area contributed by atoms with E-state index in [2.05, 4.69) is 11.8 Å². The summed E-state index contributed by atoms with van der Waals surface area (Å²) in [6, 6.07) is 5.20. The van der Waals surface area contributed by atoms with E-state index >= 15 is 0 Å². The largest absolute Gasteiger partial charge is 0.508 e. The van der Waals surface area contributed by atoms with E-state index < -0.39 is 0 Å². The molecule has 3 heteroatoms. The highest BCUT2D eigenvalue weighted by Crippen LogP contribution is 2.20. The molecule has 0 atom stereocenters. The Morgan fingerprint density at radius 3 is 2.76 bits per heavy atom. The molecular formula is C14H22N2O. The van der Waals surface area contributed by atoms with Gasteiger partial charge in [-0.3, -0.25) is 0 Å². The number of aromatic hydroxyl groups is 1. The van der Waals surface area contributed by atoms with Crippen LogP contribution in [0, 0.1) is 5.92 Å². The number of hydrogen-bond acceptors (Lipinski definition) is 3. The number of benzene rings is 1. The SMILES string of the molecule is CC1CCN(CCc2cc(O)ccc2N)CC1. The molecule has 94 valence electrons. The Labute approximate surface area is 103 Å². The van der Waals surface area contributed by atoms with Gasteiger partial charge in [-0.25, -0.2) is 0 Å². The maximum atomic E-state index is 9.44. The number of nitrogens with zero attached hydrogens (tertiary/aromatic N) is 1. The van der Waals surface area contributed by atoms with Gasteiger partial charge in [0.15, 0.2) is 0 Å². The Balaban J connectivity index is 1.87. The molecule has 17 heavy (non-hydrogen) atoms. The van der Waals surface area contributed by atoms with Gasteiger partial charge in [0.2, 0.25) is 0 Å². The zero-order valence-electron chi connectivity index (χ0n) is 10.5. The highest BCUT2D eigenvalue weighted by molar-refractivity contribution is 5.50. The van der Waals surface area contributed by atoms with Gasteiger partial charge >= 0.3 is 0 Å². The molecule has 0 radical (unpaired) electrons. The van der Waals surface area contributed by atoms with Crippen LogP contribution >= 0.6 is 0 Å². The molecule has 1 aliphatic heterocycles. The molecule has 2 rings (SSSR count). The van der Waals surface area contributed by atoms with Crippen LogP contribution in [-0.2, 0) is 6.42 Å². The molecule has 0 spiro atoms. The second kappa shape index (κ2) is 5.41. The predicted molar refractivity (Wildman–Crippen MR) is 71.1 cm³/mol. The highest BCUT2D eigenvalue weighted by atomic mass is 16.3. The Kier molecular flexibility index (Phi) is 3.89. The molecule has 1 heterocycles. The Morgan fingerprint density at radius 2 is 2.06 bits per heavy atom. The lowest BCUT2D eigenvalue weighted by atomic mass is 9.99. The Morgan fingerprint density at radius 1 is 1.35 bits per heavy atom. The summed E-state index contributed by atoms with van der Waals surface area (Å²) in [5.74, 6) is 1.18. The number of rotatable bonds is 3. The van der Waals surface area contributed by atoms with E-state index in [-0.39, 0.29) is 0 Å². The standard InChI is InChI=1S/C14H22N2O/c1-11-4-7-16(8-5-11)9-6-12-10-13(17)2-3-14(12)15/h2-3,10-11,17H,4-9,15H2,1H3. The maximum absolute atomic E-state index is 9.44. The summed E-state index contributed by atoms with van der Waals surface area (Å²) in [5.41, 5.74) is 7.74. The van der Waals surface area contributed by atoms with E-state index in [4.69, 9.17) is 5.73 Å². The van der Waals surface area contributed by atoms with E-state index in [1.807, 2.05) is 0 Å². The first-order valence-electron chi connectivity index (χ1n) is 6.45. The highest BCUT2D eigenvalue weighted by Gasteiger charge is 2.15. The molecule has 3 N–H and O–H groups in total. The summed E-state index contributed by atoms with van der Waals surface area (Å²) >= 11 is 0. The van der Waals surface area contributed by atoms with Crippen molar-refractivity contribution in [3.63, 3.8) is 0 Å². The van der Waals surface area contributed by atoms with Crippen LogP contribution in [0.1, 0.15) is 25.3 Å². The summed E-state index contributed by atoms with van der Waals surface area (Å²) in [6.45, 7) is 5.75. The van der Waals surface area contributed by atoms with Crippen molar-refractivity contribution < 1.29 is 5.11 Å². The summed E-state index contributed by atoms with van der Waals surface area (Å²) in [6.07, 6.45) is 3.53. The Hall–Kier alpha value is -1.22. The normalized spacial score (nSPS) is 18.4. The number of piperidine rings is 1. The summed E-state index contributed by atoms with van der Waals surface area (Å²) in [5, 5.41) is 9.44. The van der Waals surface area contributed by atoms with E-state index in [1.165, 1.54) is 25.9 Å². The lowest BCUT2D eigenvalue weighted by Gasteiger charge is -2.30. The van der Waals surface area contributed by atoms with Gasteiger partial charge in [0.1, 0.15) is 5.75 Å². The minimum atomic E-state index is 0.307. The van der Waals surface area contributed by atoms with Crippen LogP contribution < -0.4 is 5.73 Å². The van der Waals surface area contributed by atoms with Crippen molar-refractivity contribution in [3.05, 3.63) is 23.8 Å². The predicted octanol–water partition coefficient (Wildman–Crippen LogP) is 2.25. The molecule has 0 amide bonds. The van der Waals surface area contributed by atoms with Crippen LogP contribution in [0.4, 0.5) is 5.69 Å². The van der Waals surface area contributed by atoms with Crippen LogP contribution in [0.25, 0.3) is 0 Å². The third-order valence-electron chi connectivity index (χ3n) is 3.70. The van der Waals surface area contributed by atoms with Crippen LogP contribution in [0.3, 0.4) is 0 Å². The van der Waals surface area contributed by atoms with Gasteiger partial charge < -0.3 is 15.7 Å². The molecule has 1 aliphatic rings. The molecule has 3 nitrogen and oxygen atoms in total. The molecule has 1 saturated heterocycles. The van der Waals surface area contributed by atoms with E-state index in [1.54, 1.807) is 18.2 Å². The van der Waals surface area contributed by atoms with Gasteiger partial charge in [-0.15, -0.1) is 0 Å². The molecule has 0 aromatic heterocycles. The number of anilines is 1. The number of phenols is 1. The lowest BCUT2D eigenvalue weighted by Crippen LogP contribution is -2.34. The summed E-state index contributed by atoms with van der Waals surface area (Å²) in [7, 11) is 0. The van der Waals surface area contributed by atoms with E-state index in [9.17, 15) is 5.11 Å². The molecule has 0 unspecified atom stereocenters. The van der Waals surface area contributed by atoms with Crippen molar-refractivity contribution in [2.75, 3.05) is 25.4 Å². The molecule has 1 aromatic carbocycles. The van der Waals surface area contributed by atoms with Gasteiger partial charge in [-0.1, -0.05) is 6.92 Å². The van der Waals surface area contributed by atoms with Crippen molar-refractivity contribution in [3.8, 4) is 5.75 Å². The van der Waals surface area contributed by atoms with Crippen molar-refractivity contribution in [2.45, 2.75) is 26.2 Å². The minimum absolute atomic E-state index is 0.307. The number of likely N-dealkylation sites (tertiary alicyclic amines) is 1. The zero-order chi connectivity index (χ0) is 12.3. The van der Waals surface area contributed by atoms with Crippen LogP contribution in [-0.4, -0.2) is 29.6 Å². The zero-order valence-corrected chi connectivity index (χ0v) is 10.5. The second-order valence-electron chi connectivity index (χ2n) is 5.16. The first-order valence-corrected chi connectivity index (χ1v) is 6.45. The monoisotopic (exact) mass is 234 g/mol. The van der Waals surface area contributed by atoms with Crippen LogP contribution in [0.2, 0.25) is 0 Å². The molecule has 0 bridgehead atoms. The van der Waals surface area contributed by atoms with Gasteiger partial charge in [0, 0.05) is 12.2 Å². The first kappa shape index (κ1) is 12.2. The average molecular weight is 234 g/mol.